The molecule has 1 atom stereocenters. The van der Waals surface area contributed by atoms with Crippen LogP contribution in [0.3, 0.4) is 0 Å². The first-order valence-electron chi connectivity index (χ1n) is 5.44. The van der Waals surface area contributed by atoms with Crippen molar-refractivity contribution in [2.75, 3.05) is 6.54 Å². The molecule has 0 aliphatic carbocycles. The molecule has 0 spiro atoms. The molecular formula is C11H17N3O3S. The van der Waals surface area contributed by atoms with Gasteiger partial charge in [-0.05, 0) is 17.7 Å². The summed E-state index contributed by atoms with van der Waals surface area (Å²) < 4.78 is 22.1. The molecule has 1 aromatic carbocycles. The Balaban J connectivity index is 2.63. The lowest BCUT2D eigenvalue weighted by atomic mass is 10.1. The van der Waals surface area contributed by atoms with Gasteiger partial charge in [-0.2, -0.15) is 0 Å². The summed E-state index contributed by atoms with van der Waals surface area (Å²) in [6, 6.07) is 6.02. The number of carbonyl (C=O) groups is 1. The van der Waals surface area contributed by atoms with E-state index in [1.54, 1.807) is 19.1 Å². The first-order chi connectivity index (χ1) is 8.34. The Kier molecular flexibility index (Phi) is 4.83. The first kappa shape index (κ1) is 14.6. The molecule has 0 heterocycles. The van der Waals surface area contributed by atoms with Crippen LogP contribution in [0.15, 0.2) is 29.2 Å². The predicted octanol–water partition coefficient (Wildman–Crippen LogP) is -0.455. The fourth-order valence-corrected chi connectivity index (χ4v) is 1.78. The van der Waals surface area contributed by atoms with Crippen molar-refractivity contribution in [2.45, 2.75) is 18.4 Å². The van der Waals surface area contributed by atoms with Gasteiger partial charge >= 0.3 is 0 Å². The van der Waals surface area contributed by atoms with Gasteiger partial charge in [0.2, 0.25) is 15.9 Å². The molecule has 0 bridgehead atoms. The van der Waals surface area contributed by atoms with Gasteiger partial charge in [0.1, 0.15) is 0 Å². The van der Waals surface area contributed by atoms with Gasteiger partial charge in [0, 0.05) is 19.0 Å². The van der Waals surface area contributed by atoms with Crippen LogP contribution in [0.1, 0.15) is 12.5 Å². The Hall–Kier alpha value is -1.44. The van der Waals surface area contributed by atoms with Crippen molar-refractivity contribution >= 4 is 15.9 Å². The number of carbonyl (C=O) groups excluding carboxylic acids is 1. The first-order valence-corrected chi connectivity index (χ1v) is 6.98. The molecule has 0 saturated carbocycles. The highest BCUT2D eigenvalue weighted by atomic mass is 32.2. The summed E-state index contributed by atoms with van der Waals surface area (Å²) in [5.74, 6) is -0.373. The molecule has 6 nitrogen and oxygen atoms in total. The van der Waals surface area contributed by atoms with E-state index in [0.29, 0.717) is 6.54 Å². The van der Waals surface area contributed by atoms with Crippen molar-refractivity contribution in [3.05, 3.63) is 29.8 Å². The van der Waals surface area contributed by atoms with Gasteiger partial charge in [0.05, 0.1) is 4.90 Å². The number of hydrogen-bond donors (Lipinski definition) is 3. The molecule has 1 rings (SSSR count). The van der Waals surface area contributed by atoms with Gasteiger partial charge in [-0.25, -0.2) is 13.6 Å². The van der Waals surface area contributed by atoms with Crippen molar-refractivity contribution in [2.24, 2.45) is 16.8 Å². The number of rotatable bonds is 5. The highest BCUT2D eigenvalue weighted by Gasteiger charge is 2.10. The van der Waals surface area contributed by atoms with Crippen molar-refractivity contribution < 1.29 is 13.2 Å². The Labute approximate surface area is 106 Å². The zero-order valence-electron chi connectivity index (χ0n) is 10.1. The van der Waals surface area contributed by atoms with Crippen LogP contribution in [0, 0.1) is 5.92 Å². The van der Waals surface area contributed by atoms with Gasteiger partial charge in [-0.15, -0.1) is 0 Å². The molecule has 100 valence electrons. The van der Waals surface area contributed by atoms with Crippen LogP contribution in [-0.4, -0.2) is 20.9 Å². The average molecular weight is 271 g/mol. The van der Waals surface area contributed by atoms with Crippen LogP contribution in [0.4, 0.5) is 0 Å². The summed E-state index contributed by atoms with van der Waals surface area (Å²) in [5, 5.41) is 7.68. The van der Waals surface area contributed by atoms with E-state index in [1.165, 1.54) is 12.1 Å². The fourth-order valence-electron chi connectivity index (χ4n) is 1.27. The molecule has 18 heavy (non-hydrogen) atoms. The quantitative estimate of drug-likeness (QED) is 0.672. The van der Waals surface area contributed by atoms with Crippen LogP contribution in [0.5, 0.6) is 0 Å². The normalized spacial score (nSPS) is 13.1. The Morgan fingerprint density at radius 2 is 1.89 bits per heavy atom. The summed E-state index contributed by atoms with van der Waals surface area (Å²) >= 11 is 0. The lowest BCUT2D eigenvalue weighted by molar-refractivity contribution is -0.124. The van der Waals surface area contributed by atoms with E-state index < -0.39 is 10.0 Å². The largest absolute Gasteiger partial charge is 0.352 e. The SMILES string of the molecule is CC(CN)C(=O)NCc1ccc(S(N)(=O)=O)cc1. The number of primary sulfonamides is 1. The smallest absolute Gasteiger partial charge is 0.238 e. The van der Waals surface area contributed by atoms with Crippen LogP contribution in [0.2, 0.25) is 0 Å². The lowest BCUT2D eigenvalue weighted by Gasteiger charge is -2.10. The second-order valence-corrected chi connectivity index (χ2v) is 5.60. The number of amides is 1. The summed E-state index contributed by atoms with van der Waals surface area (Å²) in [4.78, 5) is 11.5. The number of hydrogen-bond acceptors (Lipinski definition) is 4. The topological polar surface area (TPSA) is 115 Å². The maximum absolute atomic E-state index is 11.5. The van der Waals surface area contributed by atoms with E-state index in [0.717, 1.165) is 5.56 Å². The van der Waals surface area contributed by atoms with Gasteiger partial charge in [-0.1, -0.05) is 19.1 Å². The molecule has 0 aliphatic rings. The molecule has 5 N–H and O–H groups in total. The lowest BCUT2D eigenvalue weighted by Crippen LogP contribution is -2.32. The Bertz CT molecular complexity index is 511. The average Bonchev–Trinajstić information content (AvgIpc) is 2.34. The van der Waals surface area contributed by atoms with Gasteiger partial charge in [0.15, 0.2) is 0 Å². The molecule has 1 aromatic rings. The highest BCUT2D eigenvalue weighted by molar-refractivity contribution is 7.89. The summed E-state index contributed by atoms with van der Waals surface area (Å²) in [5.41, 5.74) is 6.16. The zero-order valence-corrected chi connectivity index (χ0v) is 10.9. The third-order valence-electron chi connectivity index (χ3n) is 2.52. The summed E-state index contributed by atoms with van der Waals surface area (Å²) in [7, 11) is -3.67. The van der Waals surface area contributed by atoms with E-state index in [-0.39, 0.29) is 23.3 Å². The third kappa shape index (κ3) is 4.10. The molecule has 0 aliphatic heterocycles. The van der Waals surface area contributed by atoms with Crippen LogP contribution < -0.4 is 16.2 Å². The van der Waals surface area contributed by atoms with Gasteiger partial charge in [-0.3, -0.25) is 4.79 Å². The highest BCUT2D eigenvalue weighted by Crippen LogP contribution is 2.08. The van der Waals surface area contributed by atoms with Crippen molar-refractivity contribution in [1.82, 2.24) is 5.32 Å². The summed E-state index contributed by atoms with van der Waals surface area (Å²) in [6.07, 6.45) is 0. The third-order valence-corrected chi connectivity index (χ3v) is 3.45. The van der Waals surface area contributed by atoms with Crippen LogP contribution in [0.25, 0.3) is 0 Å². The molecule has 1 unspecified atom stereocenters. The predicted molar refractivity (Wildman–Crippen MR) is 67.9 cm³/mol. The number of sulfonamides is 1. The second kappa shape index (κ2) is 5.94. The van der Waals surface area contributed by atoms with E-state index in [1.807, 2.05) is 0 Å². The van der Waals surface area contributed by atoms with Crippen molar-refractivity contribution in [3.8, 4) is 0 Å². The van der Waals surface area contributed by atoms with E-state index in [4.69, 9.17) is 10.9 Å². The van der Waals surface area contributed by atoms with Crippen LogP contribution >= 0.6 is 0 Å². The van der Waals surface area contributed by atoms with Crippen LogP contribution in [-0.2, 0) is 21.4 Å². The molecule has 0 saturated heterocycles. The van der Waals surface area contributed by atoms with Crippen molar-refractivity contribution in [3.63, 3.8) is 0 Å². The Morgan fingerprint density at radius 3 is 2.33 bits per heavy atom. The minimum Gasteiger partial charge on any atom is -0.352 e. The zero-order chi connectivity index (χ0) is 13.8. The maximum atomic E-state index is 11.5. The van der Waals surface area contributed by atoms with E-state index >= 15 is 0 Å². The molecule has 0 aromatic heterocycles. The molecule has 0 radical (unpaired) electrons. The molecule has 7 heteroatoms. The van der Waals surface area contributed by atoms with E-state index in [2.05, 4.69) is 5.32 Å². The minimum atomic E-state index is -3.67. The standard InChI is InChI=1S/C11H17N3O3S/c1-8(6-12)11(15)14-7-9-2-4-10(5-3-9)18(13,16)17/h2-5,8H,6-7,12H2,1H3,(H,14,15)(H2,13,16,17). The minimum absolute atomic E-state index is 0.0490. The van der Waals surface area contributed by atoms with Crippen molar-refractivity contribution in [1.29, 1.82) is 0 Å². The Morgan fingerprint density at radius 1 is 1.33 bits per heavy atom. The molecular weight excluding hydrogens is 254 g/mol. The summed E-state index contributed by atoms with van der Waals surface area (Å²) in [6.45, 7) is 2.35. The van der Waals surface area contributed by atoms with Gasteiger partial charge in [0.25, 0.3) is 0 Å². The second-order valence-electron chi connectivity index (χ2n) is 4.04. The van der Waals surface area contributed by atoms with E-state index in [9.17, 15) is 13.2 Å². The number of benzene rings is 1. The molecule has 1 amide bonds. The monoisotopic (exact) mass is 271 g/mol. The molecule has 0 fully saturated rings. The van der Waals surface area contributed by atoms with Gasteiger partial charge < -0.3 is 11.1 Å². The number of nitrogens with two attached hydrogens (primary N) is 2. The maximum Gasteiger partial charge on any atom is 0.238 e. The fraction of sp³-hybridized carbons (Fsp3) is 0.364. The number of nitrogens with one attached hydrogen (secondary N) is 1.